The first-order chi connectivity index (χ1) is 12.2. The van der Waals surface area contributed by atoms with Crippen molar-refractivity contribution in [1.82, 2.24) is 19.9 Å². The minimum Gasteiger partial charge on any atom is -0.382 e. The lowest BCUT2D eigenvalue weighted by molar-refractivity contribution is 1.10. The van der Waals surface area contributed by atoms with E-state index in [0.29, 0.717) is 17.4 Å². The van der Waals surface area contributed by atoms with Gasteiger partial charge in [-0.05, 0) is 41.5 Å². The maximum atomic E-state index is 6.14. The van der Waals surface area contributed by atoms with Gasteiger partial charge in [0, 0.05) is 42.3 Å². The maximum absolute atomic E-state index is 6.14. The summed E-state index contributed by atoms with van der Waals surface area (Å²) < 4.78 is 0. The summed E-state index contributed by atoms with van der Waals surface area (Å²) in [7, 11) is 0. The second-order valence-corrected chi connectivity index (χ2v) is 6.00. The van der Waals surface area contributed by atoms with E-state index in [-0.39, 0.29) is 0 Å². The smallest absolute Gasteiger partial charge is 0.142 e. The Kier molecular flexibility index (Phi) is 3.95. The Balaban J connectivity index is 1.73. The topological polar surface area (TPSA) is 92.5 Å². The Labute approximate surface area is 149 Å². The Morgan fingerprint density at radius 3 is 2.80 bits per heavy atom. The molecule has 0 fully saturated rings. The summed E-state index contributed by atoms with van der Waals surface area (Å²) in [4.78, 5) is 16.0. The molecule has 7 heteroatoms. The number of nitrogens with one attached hydrogen (secondary N) is 2. The molecule has 0 spiro atoms. The van der Waals surface area contributed by atoms with E-state index in [1.54, 1.807) is 18.6 Å². The molecule has 4 aromatic rings. The van der Waals surface area contributed by atoms with Crippen molar-refractivity contribution >= 4 is 34.3 Å². The van der Waals surface area contributed by atoms with E-state index in [2.05, 4.69) is 25.3 Å². The molecule has 0 atom stereocenters. The Bertz CT molecular complexity index is 1030. The molecule has 0 bridgehead atoms. The SMILES string of the molecule is Nc1ncc(-c2cc(NCc3ccncc3)nc3[nH]ccc23)cc1Cl. The molecule has 4 aromatic heterocycles. The van der Waals surface area contributed by atoms with Crippen LogP contribution in [0, 0.1) is 0 Å². The monoisotopic (exact) mass is 350 g/mol. The number of nitrogen functional groups attached to an aromatic ring is 1. The Morgan fingerprint density at radius 1 is 1.16 bits per heavy atom. The number of anilines is 2. The van der Waals surface area contributed by atoms with Crippen molar-refractivity contribution in [2.75, 3.05) is 11.1 Å². The summed E-state index contributed by atoms with van der Waals surface area (Å²) in [6.07, 6.45) is 7.12. The summed E-state index contributed by atoms with van der Waals surface area (Å²) >= 11 is 6.14. The molecule has 0 saturated heterocycles. The van der Waals surface area contributed by atoms with Gasteiger partial charge in [0.05, 0.1) is 5.02 Å². The van der Waals surface area contributed by atoms with E-state index >= 15 is 0 Å². The second-order valence-electron chi connectivity index (χ2n) is 5.60. The average molecular weight is 351 g/mol. The molecule has 0 amide bonds. The van der Waals surface area contributed by atoms with Crippen LogP contribution in [-0.4, -0.2) is 19.9 Å². The lowest BCUT2D eigenvalue weighted by Gasteiger charge is -2.10. The molecule has 4 N–H and O–H groups in total. The van der Waals surface area contributed by atoms with Crippen molar-refractivity contribution in [3.8, 4) is 11.1 Å². The molecule has 25 heavy (non-hydrogen) atoms. The van der Waals surface area contributed by atoms with Crippen molar-refractivity contribution in [2.45, 2.75) is 6.54 Å². The van der Waals surface area contributed by atoms with Crippen LogP contribution in [0.4, 0.5) is 11.6 Å². The van der Waals surface area contributed by atoms with Gasteiger partial charge in [-0.2, -0.15) is 0 Å². The molecule has 0 aliphatic rings. The molecule has 0 aromatic carbocycles. The predicted octanol–water partition coefficient (Wildman–Crippen LogP) is 3.87. The average Bonchev–Trinajstić information content (AvgIpc) is 3.11. The van der Waals surface area contributed by atoms with E-state index in [0.717, 1.165) is 33.5 Å². The largest absolute Gasteiger partial charge is 0.382 e. The van der Waals surface area contributed by atoms with Crippen LogP contribution in [0.1, 0.15) is 5.56 Å². The normalized spacial score (nSPS) is 10.9. The number of pyridine rings is 3. The van der Waals surface area contributed by atoms with E-state index in [1.165, 1.54) is 0 Å². The van der Waals surface area contributed by atoms with Crippen molar-refractivity contribution < 1.29 is 0 Å². The second kappa shape index (κ2) is 6.41. The fraction of sp³-hybridized carbons (Fsp3) is 0.0556. The molecule has 124 valence electrons. The number of aromatic amines is 1. The molecular formula is C18H15ClN6. The van der Waals surface area contributed by atoms with E-state index in [4.69, 9.17) is 17.3 Å². The van der Waals surface area contributed by atoms with E-state index in [9.17, 15) is 0 Å². The molecule has 4 heterocycles. The van der Waals surface area contributed by atoms with Crippen LogP contribution in [0.25, 0.3) is 22.2 Å². The van der Waals surface area contributed by atoms with Gasteiger partial charge >= 0.3 is 0 Å². The summed E-state index contributed by atoms with van der Waals surface area (Å²) in [5.74, 6) is 1.08. The van der Waals surface area contributed by atoms with Crippen LogP contribution in [0.2, 0.25) is 5.02 Å². The standard InChI is InChI=1S/C18H15ClN6/c19-15-7-12(10-24-17(15)20)14-8-16(25-18-13(14)3-6-22-18)23-9-11-1-4-21-5-2-11/h1-8,10H,9H2,(H2,20,24)(H2,22,23,25). The number of rotatable bonds is 4. The molecule has 0 radical (unpaired) electrons. The molecule has 0 unspecified atom stereocenters. The number of hydrogen-bond donors (Lipinski definition) is 3. The summed E-state index contributed by atoms with van der Waals surface area (Å²) in [5, 5.41) is 4.77. The zero-order chi connectivity index (χ0) is 17.2. The Hall–Kier alpha value is -3.12. The third-order valence-electron chi connectivity index (χ3n) is 3.93. The zero-order valence-electron chi connectivity index (χ0n) is 13.2. The fourth-order valence-electron chi connectivity index (χ4n) is 2.66. The fourth-order valence-corrected chi connectivity index (χ4v) is 2.82. The highest BCUT2D eigenvalue weighted by Gasteiger charge is 2.11. The third-order valence-corrected chi connectivity index (χ3v) is 4.24. The number of halogens is 1. The molecular weight excluding hydrogens is 336 g/mol. The zero-order valence-corrected chi connectivity index (χ0v) is 14.0. The van der Waals surface area contributed by atoms with Crippen LogP contribution < -0.4 is 11.1 Å². The summed E-state index contributed by atoms with van der Waals surface area (Å²) in [6, 6.07) is 9.71. The van der Waals surface area contributed by atoms with Gasteiger partial charge in [0.2, 0.25) is 0 Å². The molecule has 0 aliphatic heterocycles. The van der Waals surface area contributed by atoms with Crippen LogP contribution in [0.15, 0.2) is 55.1 Å². The lowest BCUT2D eigenvalue weighted by atomic mass is 10.1. The van der Waals surface area contributed by atoms with Gasteiger partial charge in [0.15, 0.2) is 0 Å². The first-order valence-electron chi connectivity index (χ1n) is 7.73. The van der Waals surface area contributed by atoms with Crippen LogP contribution in [-0.2, 0) is 6.54 Å². The third kappa shape index (κ3) is 3.12. The highest BCUT2D eigenvalue weighted by atomic mass is 35.5. The lowest BCUT2D eigenvalue weighted by Crippen LogP contribution is -2.02. The van der Waals surface area contributed by atoms with Gasteiger partial charge in [-0.25, -0.2) is 9.97 Å². The van der Waals surface area contributed by atoms with Crippen LogP contribution >= 0.6 is 11.6 Å². The van der Waals surface area contributed by atoms with E-state index < -0.39 is 0 Å². The molecule has 0 aliphatic carbocycles. The van der Waals surface area contributed by atoms with Crippen molar-refractivity contribution in [1.29, 1.82) is 0 Å². The number of fused-ring (bicyclic) bond motifs is 1. The summed E-state index contributed by atoms with van der Waals surface area (Å²) in [6.45, 7) is 0.655. The quantitative estimate of drug-likeness (QED) is 0.519. The highest BCUT2D eigenvalue weighted by Crippen LogP contribution is 2.32. The number of nitrogens with two attached hydrogens (primary N) is 1. The van der Waals surface area contributed by atoms with Gasteiger partial charge < -0.3 is 16.0 Å². The van der Waals surface area contributed by atoms with Gasteiger partial charge in [-0.15, -0.1) is 0 Å². The van der Waals surface area contributed by atoms with Gasteiger partial charge in [-0.3, -0.25) is 4.98 Å². The minimum atomic E-state index is 0.320. The minimum absolute atomic E-state index is 0.320. The van der Waals surface area contributed by atoms with Gasteiger partial charge in [-0.1, -0.05) is 11.6 Å². The number of H-pyrrole nitrogens is 1. The first-order valence-corrected chi connectivity index (χ1v) is 8.11. The first kappa shape index (κ1) is 15.4. The van der Waals surface area contributed by atoms with Gasteiger partial charge in [0.25, 0.3) is 0 Å². The van der Waals surface area contributed by atoms with Gasteiger partial charge in [0.1, 0.15) is 17.3 Å². The van der Waals surface area contributed by atoms with E-state index in [1.807, 2.05) is 36.5 Å². The van der Waals surface area contributed by atoms with Crippen molar-refractivity contribution in [3.05, 3.63) is 65.7 Å². The number of hydrogen-bond acceptors (Lipinski definition) is 5. The summed E-state index contributed by atoms with van der Waals surface area (Å²) in [5.41, 5.74) is 9.51. The molecule has 0 saturated carbocycles. The molecule has 4 rings (SSSR count). The number of aromatic nitrogens is 4. The van der Waals surface area contributed by atoms with Crippen molar-refractivity contribution in [2.24, 2.45) is 0 Å². The Morgan fingerprint density at radius 2 is 2.00 bits per heavy atom. The molecule has 6 nitrogen and oxygen atoms in total. The van der Waals surface area contributed by atoms with Crippen molar-refractivity contribution in [3.63, 3.8) is 0 Å². The predicted molar refractivity (Wildman–Crippen MR) is 100 cm³/mol. The highest BCUT2D eigenvalue weighted by molar-refractivity contribution is 6.33. The number of nitrogens with zero attached hydrogens (tertiary/aromatic N) is 3. The van der Waals surface area contributed by atoms with Crippen LogP contribution in [0.3, 0.4) is 0 Å². The maximum Gasteiger partial charge on any atom is 0.142 e. The van der Waals surface area contributed by atoms with Crippen LogP contribution in [0.5, 0.6) is 0 Å².